The summed E-state index contributed by atoms with van der Waals surface area (Å²) in [5, 5.41) is 24.1. The van der Waals surface area contributed by atoms with E-state index in [0.717, 1.165) is 12.0 Å². The lowest BCUT2D eigenvalue weighted by Crippen LogP contribution is -2.45. The molecule has 1 saturated heterocycles. The van der Waals surface area contributed by atoms with Crippen LogP contribution in [-0.4, -0.2) is 98.3 Å². The lowest BCUT2D eigenvalue weighted by molar-refractivity contribution is -0.149. The highest BCUT2D eigenvalue weighted by Gasteiger charge is 2.53. The number of aliphatic hydroxyl groups excluding tert-OH is 1. The summed E-state index contributed by atoms with van der Waals surface area (Å²) in [6, 6.07) is -1.03. The number of aliphatic hydroxyl groups is 2. The summed E-state index contributed by atoms with van der Waals surface area (Å²) in [6.07, 6.45) is -3.21. The number of anilines is 1. The number of esters is 1. The molecule has 5 atom stereocenters. The first-order chi connectivity index (χ1) is 17.0. The van der Waals surface area contributed by atoms with Crippen LogP contribution in [0.25, 0.3) is 11.2 Å². The first kappa shape index (κ1) is 27.7. The number of hydrogen-bond acceptors (Lipinski definition) is 14. The van der Waals surface area contributed by atoms with Crippen molar-refractivity contribution in [3.8, 4) is 5.88 Å². The van der Waals surface area contributed by atoms with Gasteiger partial charge < -0.3 is 44.4 Å². The van der Waals surface area contributed by atoms with Crippen molar-refractivity contribution in [1.29, 1.82) is 0 Å². The fourth-order valence-electron chi connectivity index (χ4n) is 3.51. The zero-order chi connectivity index (χ0) is 26.6. The van der Waals surface area contributed by atoms with Gasteiger partial charge in [-0.3, -0.25) is 4.57 Å². The number of rotatable bonds is 10. The van der Waals surface area contributed by atoms with Gasteiger partial charge in [0.1, 0.15) is 23.9 Å². The number of imidazole rings is 1. The fraction of sp³-hybridized carbons (Fsp3) is 0.650. The monoisotopic (exact) mass is 530 g/mol. The maximum atomic E-state index is 12.2. The third-order valence-corrected chi connectivity index (χ3v) is 6.04. The van der Waals surface area contributed by atoms with E-state index in [1.165, 1.54) is 32.0 Å². The van der Waals surface area contributed by atoms with Gasteiger partial charge in [-0.15, -0.1) is 0 Å². The Labute approximate surface area is 210 Å². The molecule has 1 aliphatic heterocycles. The lowest BCUT2D eigenvalue weighted by Gasteiger charge is -2.27. The van der Waals surface area contributed by atoms with Crippen molar-refractivity contribution in [2.24, 2.45) is 0 Å². The highest BCUT2D eigenvalue weighted by Crippen LogP contribution is 2.40. The number of hydrogen-bond donors (Lipinski definition) is 4. The molecule has 16 heteroatoms. The third kappa shape index (κ3) is 5.89. The van der Waals surface area contributed by atoms with Crippen LogP contribution in [0.4, 0.5) is 10.7 Å². The van der Waals surface area contributed by atoms with Gasteiger partial charge in [-0.2, -0.15) is 9.97 Å². The molecule has 1 amide bonds. The van der Waals surface area contributed by atoms with E-state index < -0.39 is 42.1 Å². The van der Waals surface area contributed by atoms with Gasteiger partial charge in [0, 0.05) is 0 Å². The molecular weight excluding hydrogens is 500 g/mol. The number of amides is 1. The van der Waals surface area contributed by atoms with Gasteiger partial charge >= 0.3 is 12.1 Å². The Morgan fingerprint density at radius 1 is 1.36 bits per heavy atom. The molecule has 0 radical (unpaired) electrons. The van der Waals surface area contributed by atoms with E-state index >= 15 is 0 Å². The van der Waals surface area contributed by atoms with Crippen LogP contribution in [0.2, 0.25) is 0 Å². The molecule has 36 heavy (non-hydrogen) atoms. The predicted molar refractivity (Wildman–Crippen MR) is 126 cm³/mol. The Morgan fingerprint density at radius 2 is 2.08 bits per heavy atom. The number of aromatic nitrogens is 4. The highest BCUT2D eigenvalue weighted by atomic mass is 32.2. The molecule has 0 saturated carbocycles. The Hall–Kier alpha value is -2.92. The van der Waals surface area contributed by atoms with Crippen molar-refractivity contribution in [3.63, 3.8) is 0 Å². The Balaban J connectivity index is 1.66. The van der Waals surface area contributed by atoms with Crippen molar-refractivity contribution in [2.75, 3.05) is 32.3 Å². The average Bonchev–Trinajstić information content (AvgIpc) is 3.32. The topological polar surface area (TPSA) is 202 Å². The van der Waals surface area contributed by atoms with Gasteiger partial charge in [-0.05, 0) is 32.8 Å². The average molecular weight is 531 g/mol. The summed E-state index contributed by atoms with van der Waals surface area (Å²) in [7, 11) is 2.58. The summed E-state index contributed by atoms with van der Waals surface area (Å²) in [4.78, 5) is 36.2. The highest BCUT2D eigenvalue weighted by molar-refractivity contribution is 7.94. The van der Waals surface area contributed by atoms with Crippen LogP contribution in [0.1, 0.15) is 27.0 Å². The van der Waals surface area contributed by atoms with Gasteiger partial charge in [0.25, 0.3) is 0 Å². The molecule has 200 valence electrons. The zero-order valence-electron chi connectivity index (χ0n) is 20.4. The number of carbonyl (C=O) groups is 2. The number of methoxy groups -OCH3 is 2. The minimum absolute atomic E-state index is 0.00849. The van der Waals surface area contributed by atoms with E-state index in [0.29, 0.717) is 5.52 Å². The molecule has 3 rings (SSSR count). The first-order valence-corrected chi connectivity index (χ1v) is 11.8. The standard InChI is InChI=1S/C20H30N6O9S/c1-9(2)34-16(28)10(23-19(29)32-5)7-36-33-6-11-13(27)20(3,30)17(35-11)26-8-22-12-14(26)24-18(21)25-15(12)31-4/h8-11,13,17,27,30H,6-7H2,1-5H3,(H,23,29)(H2,21,24,25)/t10-,11-,13-,17-,20-/m1/s1. The van der Waals surface area contributed by atoms with Gasteiger partial charge in [-0.1, -0.05) is 0 Å². The zero-order valence-corrected chi connectivity index (χ0v) is 21.2. The minimum atomic E-state index is -1.75. The Bertz CT molecular complexity index is 1080. The summed E-state index contributed by atoms with van der Waals surface area (Å²) in [5.74, 6) is -0.584. The van der Waals surface area contributed by atoms with Crippen molar-refractivity contribution in [2.45, 2.75) is 57.0 Å². The fourth-order valence-corrected chi connectivity index (χ4v) is 4.20. The van der Waals surface area contributed by atoms with Crippen LogP contribution >= 0.6 is 12.0 Å². The van der Waals surface area contributed by atoms with Crippen LogP contribution in [-0.2, 0) is 23.2 Å². The molecule has 0 aliphatic carbocycles. The van der Waals surface area contributed by atoms with Gasteiger partial charge in [0.15, 0.2) is 17.4 Å². The van der Waals surface area contributed by atoms with E-state index in [2.05, 4.69) is 25.0 Å². The number of alkyl carbamates (subject to hydrolysis) is 1. The second-order valence-corrected chi connectivity index (χ2v) is 9.16. The van der Waals surface area contributed by atoms with Crippen molar-refractivity contribution < 1.29 is 42.9 Å². The number of nitrogens with one attached hydrogen (secondary N) is 1. The minimum Gasteiger partial charge on any atom is -0.479 e. The molecule has 0 aromatic carbocycles. The molecule has 0 bridgehead atoms. The van der Waals surface area contributed by atoms with E-state index in [4.69, 9.17) is 24.1 Å². The SMILES string of the molecule is COC(=O)N[C@H](CSOC[C@H]1O[C@@H](n2cnc3c(OC)nc(N)nc32)[C@](C)(O)[C@@H]1O)C(=O)OC(C)C. The quantitative estimate of drug-likeness (QED) is 0.178. The lowest BCUT2D eigenvalue weighted by atomic mass is 9.96. The second kappa shape index (κ2) is 11.4. The number of carbonyl (C=O) groups excluding carboxylic acids is 2. The molecule has 1 fully saturated rings. The van der Waals surface area contributed by atoms with Crippen LogP contribution in [0.15, 0.2) is 6.33 Å². The van der Waals surface area contributed by atoms with E-state index in [1.54, 1.807) is 13.8 Å². The van der Waals surface area contributed by atoms with Gasteiger partial charge in [0.05, 0.1) is 39.0 Å². The number of nitrogens with two attached hydrogens (primary N) is 1. The van der Waals surface area contributed by atoms with Crippen LogP contribution in [0.5, 0.6) is 5.88 Å². The summed E-state index contributed by atoms with van der Waals surface area (Å²) in [5.41, 5.74) is 4.54. The van der Waals surface area contributed by atoms with Crippen LogP contribution in [0, 0.1) is 0 Å². The Kier molecular flexibility index (Phi) is 8.78. The van der Waals surface area contributed by atoms with Crippen molar-refractivity contribution in [1.82, 2.24) is 24.8 Å². The number of ether oxygens (including phenoxy) is 4. The molecule has 3 heterocycles. The normalized spacial score (nSPS) is 24.6. The van der Waals surface area contributed by atoms with Gasteiger partial charge in [0.2, 0.25) is 11.8 Å². The third-order valence-electron chi connectivity index (χ3n) is 5.27. The van der Waals surface area contributed by atoms with E-state index in [1.807, 2.05) is 0 Å². The summed E-state index contributed by atoms with van der Waals surface area (Å²) >= 11 is 0.850. The number of nitrogens with zero attached hydrogens (tertiary/aromatic N) is 4. The summed E-state index contributed by atoms with van der Waals surface area (Å²) in [6.45, 7) is 4.60. The smallest absolute Gasteiger partial charge is 0.407 e. The first-order valence-electron chi connectivity index (χ1n) is 10.9. The maximum absolute atomic E-state index is 12.2. The molecule has 0 spiro atoms. The van der Waals surface area contributed by atoms with E-state index in [-0.39, 0.29) is 35.9 Å². The molecular formula is C20H30N6O9S. The molecule has 1 aliphatic rings. The molecule has 0 unspecified atom stereocenters. The predicted octanol–water partition coefficient (Wildman–Crippen LogP) is -0.233. The molecule has 5 N–H and O–H groups in total. The number of fused-ring (bicyclic) bond motifs is 1. The molecule has 2 aromatic rings. The maximum Gasteiger partial charge on any atom is 0.407 e. The van der Waals surface area contributed by atoms with Gasteiger partial charge in [-0.25, -0.2) is 14.6 Å². The van der Waals surface area contributed by atoms with Crippen LogP contribution in [0.3, 0.4) is 0 Å². The van der Waals surface area contributed by atoms with Crippen LogP contribution < -0.4 is 15.8 Å². The molecule has 15 nitrogen and oxygen atoms in total. The summed E-state index contributed by atoms with van der Waals surface area (Å²) < 4.78 is 27.7. The van der Waals surface area contributed by atoms with Crippen molar-refractivity contribution in [3.05, 3.63) is 6.33 Å². The second-order valence-electron chi connectivity index (χ2n) is 8.36. The number of nitrogen functional groups attached to an aromatic ring is 1. The van der Waals surface area contributed by atoms with E-state index in [9.17, 15) is 19.8 Å². The molecule has 2 aromatic heterocycles. The Morgan fingerprint density at radius 3 is 2.72 bits per heavy atom. The van der Waals surface area contributed by atoms with Crippen molar-refractivity contribution >= 4 is 41.2 Å². The largest absolute Gasteiger partial charge is 0.479 e.